The lowest BCUT2D eigenvalue weighted by Crippen LogP contribution is -2.49. The van der Waals surface area contributed by atoms with Gasteiger partial charge in [0.05, 0.1) is 55.8 Å². The number of hydrogen-bond donors (Lipinski definition) is 4. The number of carbonyl (C=O) groups excluding carboxylic acids is 4. The van der Waals surface area contributed by atoms with Crippen LogP contribution in [-0.2, 0) is 36.6 Å². The van der Waals surface area contributed by atoms with Gasteiger partial charge in [0.25, 0.3) is 5.91 Å². The maximum absolute atomic E-state index is 14.0. The molecular weight excluding hydrogens is 753 g/mol. The average Bonchev–Trinajstić information content (AvgIpc) is 4.10. The van der Waals surface area contributed by atoms with Crippen molar-refractivity contribution < 1.29 is 33.4 Å². The number of rotatable bonds is 11. The zero-order valence-corrected chi connectivity index (χ0v) is 33.1. The molecule has 304 valence electrons. The number of carbonyl (C=O) groups is 4. The van der Waals surface area contributed by atoms with Crippen LogP contribution in [0.1, 0.15) is 60.5 Å². The number of hydrogen-bond acceptors (Lipinski definition) is 9. The Balaban J connectivity index is 0.947. The lowest BCUT2D eigenvalue weighted by Gasteiger charge is -2.28. The number of benzene rings is 3. The Hall–Kier alpha value is -6.74. The standard InChI is InChI=1S/C44H46N8O7/c1-57-21-19-33(50-44(56)59-3)42(54)51-20-5-8-36(51)39-45-24-34(48-39)28-13-9-26(10-14-28)27-11-15-29(16-12-27)35-25-46-40(49-35)37-22-31-7-4-6-30-17-18-32(23-47-43(55)58-2)41(53)52(37)38(30)31/h4,6-7,9-16,23-25,33,36-37H,5,8,17-22H2,1-3H3,(H,45,48)(H,46,49)(H,47,55)(H,50,56)/b32-23+. The summed E-state index contributed by atoms with van der Waals surface area (Å²) in [6.45, 7) is 0.879. The zero-order chi connectivity index (χ0) is 41.0. The van der Waals surface area contributed by atoms with Crippen LogP contribution in [0.3, 0.4) is 0 Å². The Morgan fingerprint density at radius 2 is 1.42 bits per heavy atom. The van der Waals surface area contributed by atoms with Crippen molar-refractivity contribution in [3.8, 4) is 33.6 Å². The maximum atomic E-state index is 14.0. The van der Waals surface area contributed by atoms with Crippen molar-refractivity contribution in [2.45, 2.75) is 56.7 Å². The molecule has 3 aliphatic rings. The van der Waals surface area contributed by atoms with Crippen molar-refractivity contribution in [2.75, 3.05) is 39.4 Å². The Kier molecular flexibility index (Phi) is 11.3. The molecule has 2 aromatic heterocycles. The third-order valence-corrected chi connectivity index (χ3v) is 11.3. The molecule has 4 N–H and O–H groups in total. The van der Waals surface area contributed by atoms with E-state index >= 15 is 0 Å². The minimum absolute atomic E-state index is 0.165. The second-order valence-corrected chi connectivity index (χ2v) is 14.8. The van der Waals surface area contributed by atoms with E-state index in [0.717, 1.165) is 63.3 Å². The summed E-state index contributed by atoms with van der Waals surface area (Å²) in [5.74, 6) is 1.03. The molecule has 15 nitrogen and oxygen atoms in total. The second kappa shape index (κ2) is 17.0. The van der Waals surface area contributed by atoms with Crippen LogP contribution in [0, 0.1) is 0 Å². The van der Waals surface area contributed by atoms with Crippen LogP contribution in [-0.4, -0.2) is 89.4 Å². The molecule has 0 radical (unpaired) electrons. The number of nitrogens with one attached hydrogen (secondary N) is 4. The summed E-state index contributed by atoms with van der Waals surface area (Å²) in [5, 5.41) is 5.21. The smallest absolute Gasteiger partial charge is 0.410 e. The van der Waals surface area contributed by atoms with Crippen LogP contribution in [0.5, 0.6) is 0 Å². The van der Waals surface area contributed by atoms with Crippen LogP contribution in [0.25, 0.3) is 33.6 Å². The number of amides is 4. The van der Waals surface area contributed by atoms with E-state index in [1.807, 2.05) is 23.1 Å². The lowest BCUT2D eigenvalue weighted by atomic mass is 10.0. The summed E-state index contributed by atoms with van der Waals surface area (Å²) in [6, 6.07) is 21.3. The summed E-state index contributed by atoms with van der Waals surface area (Å²) in [5.41, 5.74) is 9.30. The molecule has 3 aliphatic heterocycles. The van der Waals surface area contributed by atoms with Gasteiger partial charge in [0.15, 0.2) is 0 Å². The van der Waals surface area contributed by atoms with Crippen molar-refractivity contribution >= 4 is 29.7 Å². The quantitative estimate of drug-likeness (QED) is 0.110. The van der Waals surface area contributed by atoms with Gasteiger partial charge in [-0.25, -0.2) is 19.6 Å². The molecule has 3 aromatic carbocycles. The fourth-order valence-corrected chi connectivity index (χ4v) is 8.31. The van der Waals surface area contributed by atoms with Crippen LogP contribution >= 0.6 is 0 Å². The number of aromatic nitrogens is 4. The number of methoxy groups -OCH3 is 3. The van der Waals surface area contributed by atoms with Crippen LogP contribution in [0.15, 0.2) is 90.9 Å². The van der Waals surface area contributed by atoms with Gasteiger partial charge in [-0.3, -0.25) is 19.8 Å². The SMILES string of the molecule is COCCC(NC(=O)OC)C(=O)N1CCCC1c1ncc(-c2ccc(-c3ccc(-c4cnc(C5Cc6cccc7c6N5C(=O)/C(=C/NC(=O)OC)CC7)[nH]4)cc3)cc2)[nH]1. The number of para-hydroxylation sites is 1. The molecular formula is C44H46N8O7. The van der Waals surface area contributed by atoms with E-state index in [0.29, 0.717) is 56.1 Å². The van der Waals surface area contributed by atoms with Crippen molar-refractivity contribution in [1.29, 1.82) is 0 Å². The summed E-state index contributed by atoms with van der Waals surface area (Å²) in [7, 11) is 4.11. The number of likely N-dealkylation sites (tertiary alicyclic amines) is 1. The van der Waals surface area contributed by atoms with Gasteiger partial charge in [-0.15, -0.1) is 0 Å². The number of nitrogens with zero attached hydrogens (tertiary/aromatic N) is 4. The Morgan fingerprint density at radius 1 is 0.814 bits per heavy atom. The fourth-order valence-electron chi connectivity index (χ4n) is 8.31. The van der Waals surface area contributed by atoms with Gasteiger partial charge in [-0.05, 0) is 59.1 Å². The lowest BCUT2D eigenvalue weighted by molar-refractivity contribution is -0.135. The average molecular weight is 799 g/mol. The second-order valence-electron chi connectivity index (χ2n) is 14.8. The van der Waals surface area contributed by atoms with Crippen molar-refractivity contribution in [3.63, 3.8) is 0 Å². The third kappa shape index (κ3) is 7.93. The molecule has 3 atom stereocenters. The highest BCUT2D eigenvalue weighted by atomic mass is 16.5. The first-order valence-electron chi connectivity index (χ1n) is 19.7. The summed E-state index contributed by atoms with van der Waals surface area (Å²) >= 11 is 0. The summed E-state index contributed by atoms with van der Waals surface area (Å²) in [4.78, 5) is 71.3. The first-order valence-corrected chi connectivity index (χ1v) is 19.7. The Morgan fingerprint density at radius 3 is 2.05 bits per heavy atom. The number of H-pyrrole nitrogens is 2. The highest BCUT2D eigenvalue weighted by Gasteiger charge is 2.41. The number of aromatic amines is 2. The molecule has 8 rings (SSSR count). The van der Waals surface area contributed by atoms with Gasteiger partial charge in [-0.1, -0.05) is 66.7 Å². The number of imidazole rings is 2. The molecule has 5 aromatic rings. The molecule has 3 unspecified atom stereocenters. The molecule has 1 saturated heterocycles. The molecule has 0 bridgehead atoms. The van der Waals surface area contributed by atoms with Gasteiger partial charge < -0.3 is 34.4 Å². The largest absolute Gasteiger partial charge is 0.453 e. The molecule has 0 aliphatic carbocycles. The predicted octanol–water partition coefficient (Wildman–Crippen LogP) is 6.37. The molecule has 1 fully saturated rings. The highest BCUT2D eigenvalue weighted by molar-refractivity contribution is 6.08. The predicted molar refractivity (Wildman–Crippen MR) is 219 cm³/mol. The first kappa shape index (κ1) is 39.1. The number of aryl methyl sites for hydroxylation is 1. The van der Waals surface area contributed by atoms with E-state index in [1.165, 1.54) is 20.4 Å². The van der Waals surface area contributed by atoms with Crippen molar-refractivity contribution in [2.24, 2.45) is 0 Å². The topological polar surface area (TPSA) is 184 Å². The van der Waals surface area contributed by atoms with E-state index in [9.17, 15) is 19.2 Å². The fraction of sp³-hybridized carbons (Fsp3) is 0.318. The van der Waals surface area contributed by atoms with Crippen LogP contribution < -0.4 is 15.5 Å². The van der Waals surface area contributed by atoms with E-state index in [4.69, 9.17) is 19.2 Å². The number of ether oxygens (including phenoxy) is 3. The van der Waals surface area contributed by atoms with Crippen LogP contribution in [0.4, 0.5) is 15.3 Å². The Bertz CT molecular complexity index is 2390. The molecule has 5 heterocycles. The van der Waals surface area contributed by atoms with E-state index < -0.39 is 18.2 Å². The van der Waals surface area contributed by atoms with Gasteiger partial charge in [0.2, 0.25) is 5.91 Å². The molecule has 59 heavy (non-hydrogen) atoms. The van der Waals surface area contributed by atoms with Gasteiger partial charge in [0.1, 0.15) is 17.7 Å². The Labute approximate surface area is 341 Å². The maximum Gasteiger partial charge on any atom is 0.410 e. The van der Waals surface area contributed by atoms with Gasteiger partial charge >= 0.3 is 12.2 Å². The minimum atomic E-state index is -0.765. The van der Waals surface area contributed by atoms with Crippen LogP contribution in [0.2, 0.25) is 0 Å². The molecule has 0 saturated carbocycles. The molecule has 0 spiro atoms. The summed E-state index contributed by atoms with van der Waals surface area (Å²) in [6.07, 6.45) is 7.46. The number of alkyl carbamates (subject to hydrolysis) is 2. The monoisotopic (exact) mass is 798 g/mol. The van der Waals surface area contributed by atoms with Crippen molar-refractivity contribution in [1.82, 2.24) is 35.5 Å². The zero-order valence-electron chi connectivity index (χ0n) is 33.1. The summed E-state index contributed by atoms with van der Waals surface area (Å²) < 4.78 is 14.6. The molecule has 4 amide bonds. The van der Waals surface area contributed by atoms with E-state index in [2.05, 4.69) is 74.1 Å². The first-order chi connectivity index (χ1) is 28.8. The normalized spacial score (nSPS) is 18.4. The minimum Gasteiger partial charge on any atom is -0.453 e. The van der Waals surface area contributed by atoms with Gasteiger partial charge in [-0.2, -0.15) is 0 Å². The third-order valence-electron chi connectivity index (χ3n) is 11.3. The van der Waals surface area contributed by atoms with Crippen molar-refractivity contribution in [3.05, 3.63) is 114 Å². The molecule has 15 heteroatoms. The van der Waals surface area contributed by atoms with E-state index in [1.54, 1.807) is 24.4 Å². The number of anilines is 1. The van der Waals surface area contributed by atoms with Gasteiger partial charge in [0, 0.05) is 44.9 Å². The highest BCUT2D eigenvalue weighted by Crippen LogP contribution is 2.45. The van der Waals surface area contributed by atoms with E-state index in [-0.39, 0.29) is 23.9 Å².